The predicted octanol–water partition coefficient (Wildman–Crippen LogP) is 6.68. The van der Waals surface area contributed by atoms with E-state index in [-0.39, 0.29) is 300 Å². The van der Waals surface area contributed by atoms with Gasteiger partial charge in [0.1, 0.15) is 69.0 Å². The van der Waals surface area contributed by atoms with E-state index in [1.54, 1.807) is 135 Å². The summed E-state index contributed by atoms with van der Waals surface area (Å²) in [6, 6.07) is 59.4. The smallest absolute Gasteiger partial charge is 1.00 e. The minimum absolute atomic E-state index is 0. The molecule has 2 aliphatic heterocycles. The fourth-order valence-electron chi connectivity index (χ4n) is 11.1. The van der Waals surface area contributed by atoms with Gasteiger partial charge in [0.2, 0.25) is 29.5 Å². The molecule has 0 aliphatic carbocycles. The molecular formula is C81H61Cl6F3K4N6O16S6. The average Bonchev–Trinajstić information content (AvgIpc) is 1.30. The molecule has 6 aromatic carbocycles. The molecule has 2 aliphatic rings. The van der Waals surface area contributed by atoms with Gasteiger partial charge in [-0.15, -0.1) is 45.8 Å². The normalized spacial score (nSPS) is 15.1. The number of amides is 2. The van der Waals surface area contributed by atoms with E-state index in [1.807, 2.05) is 48.5 Å². The molecule has 6 aromatic heterocycles. The summed E-state index contributed by atoms with van der Waals surface area (Å²) in [4.78, 5) is 114. The van der Waals surface area contributed by atoms with Crippen LogP contribution in [0.1, 0.15) is 68.7 Å². The summed E-state index contributed by atoms with van der Waals surface area (Å²) in [6.45, 7) is -0.361. The number of thiophene rings is 3. The van der Waals surface area contributed by atoms with Gasteiger partial charge in [0.15, 0.2) is 5.78 Å². The molecule has 0 radical (unpaired) electrons. The number of carbonyl (C=O) groups excluding carboxylic acids is 8. The first-order chi connectivity index (χ1) is 56.7. The molecule has 8 heterocycles. The van der Waals surface area contributed by atoms with Gasteiger partial charge in [-0.05, 0) is 178 Å². The number of Topliss-reactive ketones (excluding diaryl/α,β-unsaturated/α-hetero) is 3. The fraction of sp³-hybridized carbons (Fsp3) is 0.123. The molecule has 2 saturated heterocycles. The number of ether oxygens (including phenoxy) is 4. The van der Waals surface area contributed by atoms with Crippen LogP contribution in [0.25, 0.3) is 0 Å². The minimum Gasteiger partial charge on any atom is -1.00 e. The van der Waals surface area contributed by atoms with Crippen LogP contribution < -0.4 is 247 Å². The Bertz CT molecular complexity index is 5430. The van der Waals surface area contributed by atoms with Crippen LogP contribution in [-0.2, 0) is 69.5 Å². The number of nitrogens with two attached hydrogens (primary N) is 1. The molecule has 0 spiro atoms. The number of hydrogen-bond acceptors (Lipinski definition) is 26. The number of aromatic nitrogens is 3. The van der Waals surface area contributed by atoms with Crippen LogP contribution in [0.5, 0.6) is 34.9 Å². The quantitative estimate of drug-likeness (QED) is 0.0114. The van der Waals surface area contributed by atoms with E-state index in [9.17, 15) is 41.9 Å². The number of hydrogen-bond donors (Lipinski definition) is 3. The monoisotopic (exact) mass is 1990 g/mol. The Kier molecular flexibility index (Phi) is 49.2. The van der Waals surface area contributed by atoms with Crippen molar-refractivity contribution in [3.05, 3.63) is 314 Å². The number of esters is 1. The van der Waals surface area contributed by atoms with Gasteiger partial charge in [-0.2, -0.15) is 0 Å². The van der Waals surface area contributed by atoms with Gasteiger partial charge < -0.3 is 58.5 Å². The average molecular weight is 1990 g/mol. The molecule has 4 unspecified atom stereocenters. The Hall–Kier alpha value is -3.36. The van der Waals surface area contributed by atoms with Crippen molar-refractivity contribution in [1.82, 2.24) is 25.6 Å². The molecule has 12 aromatic rings. The number of pyridine rings is 3. The van der Waals surface area contributed by atoms with E-state index >= 15 is 0 Å². The maximum atomic E-state index is 13.4. The number of methoxy groups -OCH3 is 1. The van der Waals surface area contributed by atoms with Crippen molar-refractivity contribution in [2.24, 2.45) is 5.73 Å². The number of piperidine rings is 2. The molecule has 41 heteroatoms. The van der Waals surface area contributed by atoms with Crippen LogP contribution in [0, 0.1) is 17.5 Å². The van der Waals surface area contributed by atoms with E-state index in [1.165, 1.54) is 114 Å². The first kappa shape index (κ1) is 109. The van der Waals surface area contributed by atoms with Crippen molar-refractivity contribution in [3.63, 3.8) is 0 Å². The van der Waals surface area contributed by atoms with Crippen molar-refractivity contribution in [1.29, 1.82) is 0 Å². The molecule has 22 nitrogen and oxygen atoms in total. The Labute approximate surface area is 924 Å². The molecule has 2 fully saturated rings. The number of rotatable bonds is 23. The standard InChI is InChI=1S/C26H17Cl2FN2O3S2.C21H18ClFN2O4S.C20H14ClFN2O3S.C12H8Cl2S2.2CH2O3.4K.2H/c27-18-4-1-2-5-20(18)36-24-19(32)13-26(31-25(24)33,15-12-22(28)35-14-15)21-6-3-7-23(30-21)34-17-10-8-16(29)9-11-17;1-28-20(27)10-15(26)11-21(24,13-9-18(22)30-12-13)17-3-2-4-19(25-17)29-16-7-5-14(23)6-8-16;21-17-8-12(11-28-17)20(10-14(25)9-18(26)24-20)16-2-1-3-19(23-16)27-15-6-4-13(22)5-7-15;13-9-5-1-3-7-11(9)15-16-12-8-4-2-6-10(12)14;2*2-1-4-3;;;;;;/h1-12,14,24H,13H2,(H,31,33);2-9,12H,10-11,24H2,1H3;1-8,11H,9-10H2,(H,24,26);1-8H;2*1,3H;;;;;;/q;;;;;;4*+1;2*-1/p-2. The zero-order chi connectivity index (χ0) is 84.9. The first-order valence-corrected chi connectivity index (χ1v) is 41.8. The second-order valence-electron chi connectivity index (χ2n) is 24.3. The number of halogens is 9. The van der Waals surface area contributed by atoms with Crippen molar-refractivity contribution < 1.29 is 299 Å². The molecule has 14 rings (SSSR count). The van der Waals surface area contributed by atoms with Crippen LogP contribution in [-0.4, -0.2) is 75.4 Å². The molecule has 0 saturated carbocycles. The van der Waals surface area contributed by atoms with Crippen LogP contribution >= 0.6 is 137 Å². The second kappa shape index (κ2) is 55.0. The van der Waals surface area contributed by atoms with Crippen molar-refractivity contribution >= 4 is 185 Å². The predicted molar refractivity (Wildman–Crippen MR) is 445 cm³/mol. The van der Waals surface area contributed by atoms with Gasteiger partial charge in [0.25, 0.3) is 12.9 Å². The Morgan fingerprint density at radius 1 is 0.541 bits per heavy atom. The van der Waals surface area contributed by atoms with E-state index in [0.717, 1.165) is 31.6 Å². The van der Waals surface area contributed by atoms with Crippen LogP contribution in [0.15, 0.2) is 249 Å². The van der Waals surface area contributed by atoms with Gasteiger partial charge in [-0.1, -0.05) is 146 Å². The molecular weight excluding hydrogens is 1930 g/mol. The van der Waals surface area contributed by atoms with E-state index < -0.39 is 45.9 Å². The Morgan fingerprint density at radius 2 is 0.934 bits per heavy atom. The number of nitrogens with zero attached hydrogens (tertiary/aromatic N) is 3. The Morgan fingerprint density at radius 3 is 1.31 bits per heavy atom. The van der Waals surface area contributed by atoms with Gasteiger partial charge in [0.05, 0.1) is 64.2 Å². The molecule has 0 bridgehead atoms. The third-order valence-electron chi connectivity index (χ3n) is 16.4. The summed E-state index contributed by atoms with van der Waals surface area (Å²) in [5.74, 6) is -1.54. The minimum atomic E-state index is -1.34. The van der Waals surface area contributed by atoms with Crippen molar-refractivity contribution in [2.45, 2.75) is 68.7 Å². The van der Waals surface area contributed by atoms with Crippen LogP contribution in [0.4, 0.5) is 13.2 Å². The molecule has 4 N–H and O–H groups in total. The fourth-order valence-corrected chi connectivity index (χ4v) is 18.2. The summed E-state index contributed by atoms with van der Waals surface area (Å²) in [7, 11) is 4.44. The maximum absolute atomic E-state index is 13.4. The van der Waals surface area contributed by atoms with E-state index in [4.69, 9.17) is 110 Å². The maximum Gasteiger partial charge on any atom is 1.00 e. The number of nitrogens with one attached hydrogen (secondary N) is 2. The number of ketones is 3. The first-order valence-electron chi connectivity index (χ1n) is 33.9. The summed E-state index contributed by atoms with van der Waals surface area (Å²) < 4.78 is 62.8. The molecule has 2 amide bonds. The zero-order valence-electron chi connectivity index (χ0n) is 66.6. The van der Waals surface area contributed by atoms with E-state index in [0.29, 0.717) is 73.9 Å². The summed E-state index contributed by atoms with van der Waals surface area (Å²) in [6.07, 6.45) is -0.730. The van der Waals surface area contributed by atoms with Gasteiger partial charge in [-0.3, -0.25) is 38.4 Å². The summed E-state index contributed by atoms with van der Waals surface area (Å²) in [5, 5.41) is 29.2. The van der Waals surface area contributed by atoms with Crippen molar-refractivity contribution in [3.8, 4) is 34.9 Å². The zero-order valence-corrected chi connectivity index (χ0v) is 86.5. The third-order valence-corrected chi connectivity index (χ3v) is 24.8. The topological polar surface area (TPSA) is 327 Å². The molecule has 122 heavy (non-hydrogen) atoms. The van der Waals surface area contributed by atoms with Gasteiger partial charge in [0, 0.05) is 52.1 Å². The number of thioether (sulfide) groups is 1. The van der Waals surface area contributed by atoms with Crippen molar-refractivity contribution in [2.75, 3.05) is 7.11 Å². The summed E-state index contributed by atoms with van der Waals surface area (Å²) >= 11 is 41.8. The van der Waals surface area contributed by atoms with Crippen LogP contribution in [0.2, 0.25) is 28.1 Å². The number of benzene rings is 6. The van der Waals surface area contributed by atoms with Gasteiger partial charge >= 0.3 is 212 Å². The second-order valence-corrected chi connectivity index (χ2v) is 33.5. The van der Waals surface area contributed by atoms with Crippen LogP contribution in [0.3, 0.4) is 0 Å². The third kappa shape index (κ3) is 32.6. The SMILES string of the molecule is COC(=O)CC(=O)CC(N)(c1csc(Cl)c1)c1cccc(Oc2ccc(F)cc2)n1.Clc1ccccc1SSc1ccccc1Cl.O=C1CC(=O)NC(c2csc(Cl)c2)(c2cccc(Oc3ccc(F)cc3)n2)C1.O=C1CC(c2csc(Cl)c2)(c2cccc(Oc3ccc(F)cc3)n2)NC(=O)C1Sc1ccccc1Cl.O=CO[O-].O=CO[O-].[H-].[H-].[K+].[K+].[K+].[K+]. The largest absolute Gasteiger partial charge is 1.00 e. The number of carbonyl (C=O) groups is 8. The Balaban J connectivity index is 0.000000417. The van der Waals surface area contributed by atoms with E-state index in [2.05, 4.69) is 40.1 Å². The summed E-state index contributed by atoms with van der Waals surface area (Å²) in [5.41, 5.74) is 6.13. The molecule has 4 atom stereocenters. The molecule has 614 valence electrons. The van der Waals surface area contributed by atoms with Gasteiger partial charge in [-0.25, -0.2) is 28.1 Å².